The zero-order valence-electron chi connectivity index (χ0n) is 7.32. The third kappa shape index (κ3) is 1.94. The molecule has 72 valence electrons. The summed E-state index contributed by atoms with van der Waals surface area (Å²) in [6, 6.07) is 0. The van der Waals surface area contributed by atoms with E-state index in [1.807, 2.05) is 6.92 Å². The van der Waals surface area contributed by atoms with Crippen molar-refractivity contribution < 1.29 is 4.74 Å². The lowest BCUT2D eigenvalue weighted by molar-refractivity contribution is 0.0794. The Morgan fingerprint density at radius 1 is 1.69 bits per heavy atom. The van der Waals surface area contributed by atoms with Crippen LogP contribution in [0.1, 0.15) is 12.6 Å². The molecule has 0 saturated carbocycles. The Kier molecular flexibility index (Phi) is 2.80. The number of nitrogens with two attached hydrogens (primary N) is 2. The molecule has 1 rings (SSSR count). The van der Waals surface area contributed by atoms with Crippen LogP contribution in [0.15, 0.2) is 0 Å². The molecule has 0 fully saturated rings. The van der Waals surface area contributed by atoms with Crippen molar-refractivity contribution in [1.82, 2.24) is 15.0 Å². The fourth-order valence-corrected chi connectivity index (χ4v) is 0.785. The van der Waals surface area contributed by atoms with Gasteiger partial charge in [0, 0.05) is 6.61 Å². The smallest absolute Gasteiger partial charge is 0.171 e. The lowest BCUT2D eigenvalue weighted by atomic mass is 10.4. The van der Waals surface area contributed by atoms with E-state index in [1.165, 1.54) is 4.68 Å². The van der Waals surface area contributed by atoms with Crippen LogP contribution in [0.5, 0.6) is 0 Å². The van der Waals surface area contributed by atoms with Crippen molar-refractivity contribution >= 4 is 11.7 Å². The van der Waals surface area contributed by atoms with Gasteiger partial charge in [0.25, 0.3) is 0 Å². The summed E-state index contributed by atoms with van der Waals surface area (Å²) in [6.07, 6.45) is 0. The second kappa shape index (κ2) is 3.85. The Bertz CT molecular complexity index is 306. The van der Waals surface area contributed by atoms with E-state index in [2.05, 4.69) is 10.3 Å². The first-order chi connectivity index (χ1) is 6.16. The average molecular weight is 184 g/mol. The van der Waals surface area contributed by atoms with Gasteiger partial charge in [-0.2, -0.15) is 0 Å². The third-order valence-corrected chi connectivity index (χ3v) is 1.45. The van der Waals surface area contributed by atoms with Gasteiger partial charge in [0.2, 0.25) is 0 Å². The van der Waals surface area contributed by atoms with E-state index < -0.39 is 0 Å². The van der Waals surface area contributed by atoms with Gasteiger partial charge in [-0.25, -0.2) is 4.68 Å². The number of nitrogens with one attached hydrogen (secondary N) is 1. The van der Waals surface area contributed by atoms with Crippen molar-refractivity contribution in [3.63, 3.8) is 0 Å². The molecule has 13 heavy (non-hydrogen) atoms. The first kappa shape index (κ1) is 9.46. The minimum absolute atomic E-state index is 0.194. The van der Waals surface area contributed by atoms with Crippen LogP contribution in [0.25, 0.3) is 0 Å². The maximum Gasteiger partial charge on any atom is 0.171 e. The van der Waals surface area contributed by atoms with Crippen molar-refractivity contribution in [2.24, 2.45) is 5.73 Å². The first-order valence-electron chi connectivity index (χ1n) is 3.78. The largest absolute Gasteiger partial charge is 0.382 e. The molecule has 7 heteroatoms. The SMILES string of the molecule is CCOCn1nnc(C(=N)N)c1N. The molecule has 0 saturated heterocycles. The van der Waals surface area contributed by atoms with Gasteiger partial charge in [-0.3, -0.25) is 5.41 Å². The molecule has 0 aliphatic rings. The van der Waals surface area contributed by atoms with Gasteiger partial charge in [0.1, 0.15) is 12.6 Å². The van der Waals surface area contributed by atoms with Crippen LogP contribution in [0.4, 0.5) is 5.82 Å². The van der Waals surface area contributed by atoms with Gasteiger partial charge in [0.05, 0.1) is 0 Å². The van der Waals surface area contributed by atoms with E-state index in [9.17, 15) is 0 Å². The molecule has 0 amide bonds. The number of rotatable bonds is 4. The van der Waals surface area contributed by atoms with Gasteiger partial charge < -0.3 is 16.2 Å². The highest BCUT2D eigenvalue weighted by Gasteiger charge is 2.10. The lowest BCUT2D eigenvalue weighted by Gasteiger charge is -2.01. The Hall–Kier alpha value is -1.63. The van der Waals surface area contributed by atoms with Crippen LogP contribution in [-0.4, -0.2) is 27.4 Å². The number of hydrogen-bond donors (Lipinski definition) is 3. The second-order valence-electron chi connectivity index (χ2n) is 2.36. The van der Waals surface area contributed by atoms with Crippen LogP contribution in [0.2, 0.25) is 0 Å². The summed E-state index contributed by atoms with van der Waals surface area (Å²) in [4.78, 5) is 0. The molecule has 0 aromatic carbocycles. The van der Waals surface area contributed by atoms with Crippen molar-refractivity contribution in [3.8, 4) is 0 Å². The van der Waals surface area contributed by atoms with Crippen molar-refractivity contribution in [3.05, 3.63) is 5.69 Å². The van der Waals surface area contributed by atoms with Crippen LogP contribution >= 0.6 is 0 Å². The standard InChI is InChI=1S/C6H12N6O/c1-2-13-3-12-6(9)4(5(7)8)10-11-12/h2-3,9H2,1H3,(H3,7,8). The molecule has 0 unspecified atom stereocenters. The van der Waals surface area contributed by atoms with Gasteiger partial charge in [-0.05, 0) is 6.92 Å². The predicted molar refractivity (Wildman–Crippen MR) is 47.1 cm³/mol. The predicted octanol–water partition coefficient (Wildman–Crippen LogP) is -0.862. The summed E-state index contributed by atoms with van der Waals surface area (Å²) in [5.74, 6) is 0.0567. The van der Waals surface area contributed by atoms with Crippen molar-refractivity contribution in [1.29, 1.82) is 5.41 Å². The maximum atomic E-state index is 7.11. The molecular weight excluding hydrogens is 172 g/mol. The van der Waals surface area contributed by atoms with Crippen molar-refractivity contribution in [2.45, 2.75) is 13.7 Å². The zero-order valence-corrected chi connectivity index (χ0v) is 7.32. The highest BCUT2D eigenvalue weighted by atomic mass is 16.5. The summed E-state index contributed by atoms with van der Waals surface area (Å²) < 4.78 is 6.41. The first-order valence-corrected chi connectivity index (χ1v) is 3.78. The van der Waals surface area contributed by atoms with E-state index >= 15 is 0 Å². The Morgan fingerprint density at radius 2 is 2.38 bits per heavy atom. The van der Waals surface area contributed by atoms with E-state index in [1.54, 1.807) is 0 Å². The fourth-order valence-electron chi connectivity index (χ4n) is 0.785. The number of amidine groups is 1. The highest BCUT2D eigenvalue weighted by molar-refractivity contribution is 5.96. The molecule has 1 aromatic rings. The average Bonchev–Trinajstić information content (AvgIpc) is 2.43. The number of ether oxygens (including phenoxy) is 1. The Morgan fingerprint density at radius 3 is 2.85 bits per heavy atom. The van der Waals surface area contributed by atoms with E-state index in [0.717, 1.165) is 0 Å². The zero-order chi connectivity index (χ0) is 9.84. The molecule has 1 aromatic heterocycles. The Labute approximate surface area is 75.2 Å². The lowest BCUT2D eigenvalue weighted by Crippen LogP contribution is -2.15. The van der Waals surface area contributed by atoms with Crippen LogP contribution in [-0.2, 0) is 11.5 Å². The molecule has 0 atom stereocenters. The van der Waals surface area contributed by atoms with E-state index in [-0.39, 0.29) is 24.1 Å². The molecule has 7 nitrogen and oxygen atoms in total. The molecule has 1 heterocycles. The van der Waals surface area contributed by atoms with E-state index in [4.69, 9.17) is 21.6 Å². The molecule has 0 radical (unpaired) electrons. The van der Waals surface area contributed by atoms with Gasteiger partial charge in [-0.15, -0.1) is 5.10 Å². The molecule has 0 aliphatic heterocycles. The fraction of sp³-hybridized carbons (Fsp3) is 0.500. The minimum atomic E-state index is -0.194. The Balaban J connectivity index is 2.80. The normalized spacial score (nSPS) is 10.2. The van der Waals surface area contributed by atoms with Gasteiger partial charge in [0.15, 0.2) is 11.5 Å². The summed E-state index contributed by atoms with van der Waals surface area (Å²) in [7, 11) is 0. The third-order valence-electron chi connectivity index (χ3n) is 1.45. The number of aromatic nitrogens is 3. The number of nitrogens with zero attached hydrogens (tertiary/aromatic N) is 3. The topological polar surface area (TPSA) is 116 Å². The molecular formula is C6H12N6O. The van der Waals surface area contributed by atoms with Crippen LogP contribution in [0.3, 0.4) is 0 Å². The van der Waals surface area contributed by atoms with Gasteiger partial charge >= 0.3 is 0 Å². The molecule has 0 aliphatic carbocycles. The monoisotopic (exact) mass is 184 g/mol. The molecule has 5 N–H and O–H groups in total. The summed E-state index contributed by atoms with van der Waals surface area (Å²) in [6.45, 7) is 2.65. The molecule has 0 bridgehead atoms. The highest BCUT2D eigenvalue weighted by Crippen LogP contribution is 2.05. The van der Waals surface area contributed by atoms with Crippen LogP contribution in [0, 0.1) is 5.41 Å². The number of hydrogen-bond acceptors (Lipinski definition) is 5. The quantitative estimate of drug-likeness (QED) is 0.416. The summed E-state index contributed by atoms with van der Waals surface area (Å²) >= 11 is 0. The van der Waals surface area contributed by atoms with Gasteiger partial charge in [-0.1, -0.05) is 5.21 Å². The molecule has 0 spiro atoms. The number of anilines is 1. The second-order valence-corrected chi connectivity index (χ2v) is 2.36. The maximum absolute atomic E-state index is 7.11. The minimum Gasteiger partial charge on any atom is -0.382 e. The summed E-state index contributed by atoms with van der Waals surface area (Å²) in [5.41, 5.74) is 11.0. The van der Waals surface area contributed by atoms with Crippen LogP contribution < -0.4 is 11.5 Å². The van der Waals surface area contributed by atoms with E-state index in [0.29, 0.717) is 6.61 Å². The van der Waals surface area contributed by atoms with Crippen molar-refractivity contribution in [2.75, 3.05) is 12.3 Å². The number of nitrogen functional groups attached to an aromatic ring is 2. The summed E-state index contributed by atoms with van der Waals surface area (Å²) in [5, 5.41) is 14.4.